The van der Waals surface area contributed by atoms with Gasteiger partial charge in [-0.3, -0.25) is 0 Å². The molecule has 0 rings (SSSR count). The Hall–Kier alpha value is 0.530. The summed E-state index contributed by atoms with van der Waals surface area (Å²) in [6, 6.07) is 0. The first-order valence-corrected chi connectivity index (χ1v) is 4.52. The van der Waals surface area contributed by atoms with Gasteiger partial charge in [0.05, 0.1) is 0 Å². The summed E-state index contributed by atoms with van der Waals surface area (Å²) in [5, 5.41) is 0. The Morgan fingerprint density at radius 3 is 2.88 bits per heavy atom. The third kappa shape index (κ3) is 6.53. The molecule has 1 nitrogen and oxygen atoms in total. The lowest BCUT2D eigenvalue weighted by molar-refractivity contribution is 1.15. The van der Waals surface area contributed by atoms with E-state index in [2.05, 4.69) is 22.0 Å². The van der Waals surface area contributed by atoms with E-state index in [9.17, 15) is 0 Å². The van der Waals surface area contributed by atoms with Crippen LogP contribution < -0.4 is 5.73 Å². The molecule has 0 spiro atoms. The lowest BCUT2D eigenvalue weighted by Crippen LogP contribution is -2.01. The van der Waals surface area contributed by atoms with E-state index >= 15 is 0 Å². The van der Waals surface area contributed by atoms with Gasteiger partial charge in [-0.2, -0.15) is 11.8 Å². The monoisotopic (exact) mass is 195 g/mol. The largest absolute Gasteiger partial charge is 0.330 e. The Morgan fingerprint density at radius 2 is 2.38 bits per heavy atom. The van der Waals surface area contributed by atoms with E-state index < -0.39 is 0 Å². The van der Waals surface area contributed by atoms with Crippen molar-refractivity contribution >= 4 is 27.7 Å². The summed E-state index contributed by atoms with van der Waals surface area (Å²) in [4.78, 5) is 1.87. The van der Waals surface area contributed by atoms with Crippen molar-refractivity contribution in [3.05, 3.63) is 11.1 Å². The molecule has 0 saturated carbocycles. The summed E-state index contributed by atoms with van der Waals surface area (Å²) in [7, 11) is 0. The smallest absolute Gasteiger partial charge is 0.0122 e. The molecule has 0 radical (unpaired) electrons. The van der Waals surface area contributed by atoms with Crippen molar-refractivity contribution in [3.8, 4) is 0 Å². The van der Waals surface area contributed by atoms with Crippen LogP contribution in [0.1, 0.15) is 0 Å². The van der Waals surface area contributed by atoms with E-state index in [0.717, 1.165) is 18.1 Å². The van der Waals surface area contributed by atoms with E-state index in [1.54, 1.807) is 0 Å². The topological polar surface area (TPSA) is 26.0 Å². The number of thioether (sulfide) groups is 1. The van der Waals surface area contributed by atoms with E-state index in [1.807, 2.05) is 16.7 Å². The Balaban J connectivity index is 2.72. The molecule has 0 unspecified atom stereocenters. The third-order valence-electron chi connectivity index (χ3n) is 0.565. The van der Waals surface area contributed by atoms with Crippen molar-refractivity contribution < 1.29 is 0 Å². The Bertz CT molecular complexity index is 65.4. The normalized spacial score (nSPS) is 10.8. The first-order chi connectivity index (χ1) is 3.91. The molecule has 3 heteroatoms. The number of hydrogen-bond donors (Lipinski definition) is 1. The molecule has 8 heavy (non-hydrogen) atoms. The first-order valence-electron chi connectivity index (χ1n) is 2.45. The molecule has 0 aromatic heterocycles. The molecule has 2 N–H and O–H groups in total. The summed E-state index contributed by atoms with van der Waals surface area (Å²) < 4.78 is 0. The minimum absolute atomic E-state index is 0.779. The molecule has 0 atom stereocenters. The van der Waals surface area contributed by atoms with Crippen LogP contribution in [-0.4, -0.2) is 18.1 Å². The molecule has 0 heterocycles. The second kappa shape index (κ2) is 7.53. The van der Waals surface area contributed by atoms with E-state index in [-0.39, 0.29) is 0 Å². The highest BCUT2D eigenvalue weighted by Crippen LogP contribution is 1.98. The van der Waals surface area contributed by atoms with E-state index in [0.29, 0.717) is 0 Å². The number of hydrogen-bond acceptors (Lipinski definition) is 2. The van der Waals surface area contributed by atoms with Gasteiger partial charge in [-0.05, 0) is 4.99 Å². The zero-order valence-electron chi connectivity index (χ0n) is 4.64. The molecule has 0 fully saturated rings. The van der Waals surface area contributed by atoms with Gasteiger partial charge in [0, 0.05) is 18.1 Å². The van der Waals surface area contributed by atoms with Gasteiger partial charge in [-0.15, -0.1) is 0 Å². The molecule has 0 aliphatic heterocycles. The minimum atomic E-state index is 0.779. The second-order valence-electron chi connectivity index (χ2n) is 1.23. The fraction of sp³-hybridized carbons (Fsp3) is 0.600. The van der Waals surface area contributed by atoms with Gasteiger partial charge < -0.3 is 5.73 Å². The highest BCUT2D eigenvalue weighted by atomic mass is 79.9. The maximum absolute atomic E-state index is 5.25. The van der Waals surface area contributed by atoms with Gasteiger partial charge in [-0.25, -0.2) is 0 Å². The van der Waals surface area contributed by atoms with Gasteiger partial charge in [0.25, 0.3) is 0 Å². The fourth-order valence-corrected chi connectivity index (χ4v) is 1.27. The van der Waals surface area contributed by atoms with Crippen LogP contribution in [0.5, 0.6) is 0 Å². The lowest BCUT2D eigenvalue weighted by Gasteiger charge is -1.89. The highest BCUT2D eigenvalue weighted by Gasteiger charge is 1.78. The summed E-state index contributed by atoms with van der Waals surface area (Å²) in [5.74, 6) is 2.11. The van der Waals surface area contributed by atoms with Crippen molar-refractivity contribution in [2.45, 2.75) is 0 Å². The van der Waals surface area contributed by atoms with Crippen LogP contribution in [-0.2, 0) is 0 Å². The average Bonchev–Trinajstić information content (AvgIpc) is 1.81. The maximum Gasteiger partial charge on any atom is 0.0122 e. The SMILES string of the molecule is NCCSC/C=C/Br. The van der Waals surface area contributed by atoms with Crippen molar-refractivity contribution in [1.82, 2.24) is 0 Å². The molecular formula is C5H10BrNS. The summed E-state index contributed by atoms with van der Waals surface area (Å²) in [5.41, 5.74) is 5.25. The highest BCUT2D eigenvalue weighted by molar-refractivity contribution is 9.11. The van der Waals surface area contributed by atoms with Gasteiger partial charge in [0.15, 0.2) is 0 Å². The van der Waals surface area contributed by atoms with Crippen LogP contribution in [0, 0.1) is 0 Å². The Morgan fingerprint density at radius 1 is 1.62 bits per heavy atom. The van der Waals surface area contributed by atoms with Crippen LogP contribution in [0.2, 0.25) is 0 Å². The van der Waals surface area contributed by atoms with Crippen molar-refractivity contribution in [2.24, 2.45) is 5.73 Å². The summed E-state index contributed by atoms with van der Waals surface area (Å²) in [6.07, 6.45) is 2.06. The predicted octanol–water partition coefficient (Wildman–Crippen LogP) is 1.59. The third-order valence-corrected chi connectivity index (χ3v) is 1.89. The van der Waals surface area contributed by atoms with Crippen LogP contribution in [0.3, 0.4) is 0 Å². The summed E-state index contributed by atoms with van der Waals surface area (Å²) in [6.45, 7) is 0.779. The van der Waals surface area contributed by atoms with Crippen LogP contribution in [0.25, 0.3) is 0 Å². The fourth-order valence-electron chi connectivity index (χ4n) is 0.271. The Kier molecular flexibility index (Phi) is 8.03. The van der Waals surface area contributed by atoms with Gasteiger partial charge in [0.2, 0.25) is 0 Å². The summed E-state index contributed by atoms with van der Waals surface area (Å²) >= 11 is 5.01. The molecule has 0 amide bonds. The minimum Gasteiger partial charge on any atom is -0.330 e. The van der Waals surface area contributed by atoms with E-state index in [1.165, 1.54) is 0 Å². The molecule has 0 aromatic rings. The van der Waals surface area contributed by atoms with Crippen LogP contribution in [0.4, 0.5) is 0 Å². The zero-order valence-corrected chi connectivity index (χ0v) is 7.04. The van der Waals surface area contributed by atoms with Gasteiger partial charge in [-0.1, -0.05) is 22.0 Å². The van der Waals surface area contributed by atoms with Crippen LogP contribution in [0.15, 0.2) is 11.1 Å². The Labute approximate surface area is 62.8 Å². The number of rotatable bonds is 4. The number of halogens is 1. The molecular weight excluding hydrogens is 186 g/mol. The molecule has 0 bridgehead atoms. The standard InChI is InChI=1S/C5H10BrNS/c6-2-1-4-8-5-3-7/h1-2H,3-5,7H2/b2-1+. The lowest BCUT2D eigenvalue weighted by atomic mass is 10.8. The second-order valence-corrected chi connectivity index (χ2v) is 2.90. The molecule has 0 aromatic carbocycles. The van der Waals surface area contributed by atoms with E-state index in [4.69, 9.17) is 5.73 Å². The zero-order chi connectivity index (χ0) is 6.24. The van der Waals surface area contributed by atoms with Gasteiger partial charge in [0.1, 0.15) is 0 Å². The molecule has 0 aliphatic carbocycles. The molecule has 48 valence electrons. The van der Waals surface area contributed by atoms with Crippen molar-refractivity contribution in [2.75, 3.05) is 18.1 Å². The first kappa shape index (κ1) is 8.53. The van der Waals surface area contributed by atoms with Crippen LogP contribution >= 0.6 is 27.7 Å². The van der Waals surface area contributed by atoms with Crippen molar-refractivity contribution in [3.63, 3.8) is 0 Å². The average molecular weight is 196 g/mol. The predicted molar refractivity (Wildman–Crippen MR) is 44.4 cm³/mol. The quantitative estimate of drug-likeness (QED) is 0.691. The maximum atomic E-state index is 5.25. The molecule has 0 aliphatic rings. The number of nitrogens with two attached hydrogens (primary N) is 1. The van der Waals surface area contributed by atoms with Gasteiger partial charge >= 0.3 is 0 Å². The van der Waals surface area contributed by atoms with Crippen molar-refractivity contribution in [1.29, 1.82) is 0 Å². The molecule has 0 saturated heterocycles.